The zero-order chi connectivity index (χ0) is 14.5. The lowest BCUT2D eigenvalue weighted by molar-refractivity contribution is 0.242. The summed E-state index contributed by atoms with van der Waals surface area (Å²) in [4.78, 5) is 0. The lowest BCUT2D eigenvalue weighted by atomic mass is 10.1. The van der Waals surface area contributed by atoms with Crippen LogP contribution in [0.2, 0.25) is 0 Å². The minimum Gasteiger partial charge on any atom is -0.491 e. The molecule has 0 aliphatic heterocycles. The van der Waals surface area contributed by atoms with Crippen molar-refractivity contribution in [2.75, 3.05) is 0 Å². The molecule has 0 aliphatic rings. The van der Waals surface area contributed by atoms with Crippen LogP contribution in [-0.4, -0.2) is 15.9 Å². The quantitative estimate of drug-likeness (QED) is 0.879. The number of benzene rings is 1. The number of nitrogens with zero attached hydrogens (tertiary/aromatic N) is 2. The minimum atomic E-state index is 0.197. The van der Waals surface area contributed by atoms with Crippen LogP contribution in [0.1, 0.15) is 38.1 Å². The predicted octanol–water partition coefficient (Wildman–Crippen LogP) is 3.06. The highest BCUT2D eigenvalue weighted by atomic mass is 16.5. The zero-order valence-corrected chi connectivity index (χ0v) is 12.6. The first-order valence-corrected chi connectivity index (χ1v) is 7.03. The van der Waals surface area contributed by atoms with E-state index < -0.39 is 0 Å². The van der Waals surface area contributed by atoms with Crippen LogP contribution in [-0.2, 0) is 13.6 Å². The van der Waals surface area contributed by atoms with Crippen molar-refractivity contribution >= 4 is 0 Å². The summed E-state index contributed by atoms with van der Waals surface area (Å²) in [6, 6.07) is 10.5. The van der Waals surface area contributed by atoms with Gasteiger partial charge in [0.1, 0.15) is 5.75 Å². The third-order valence-corrected chi connectivity index (χ3v) is 3.24. The lowest BCUT2D eigenvalue weighted by Gasteiger charge is -2.16. The molecule has 2 rings (SSSR count). The Hall–Kier alpha value is -1.81. The predicted molar refractivity (Wildman–Crippen MR) is 80.7 cm³/mol. The van der Waals surface area contributed by atoms with Crippen LogP contribution in [0, 0.1) is 0 Å². The van der Waals surface area contributed by atoms with E-state index in [9.17, 15) is 0 Å². The molecule has 4 heteroatoms. The summed E-state index contributed by atoms with van der Waals surface area (Å²) in [5, 5.41) is 7.68. The highest BCUT2D eigenvalue weighted by Gasteiger charge is 2.08. The van der Waals surface area contributed by atoms with E-state index in [1.807, 2.05) is 50.0 Å². The molecular formula is C16H23N3O. The Morgan fingerprint density at radius 3 is 2.70 bits per heavy atom. The molecule has 0 fully saturated rings. The molecule has 0 radical (unpaired) electrons. The molecule has 2 aromatic rings. The van der Waals surface area contributed by atoms with Gasteiger partial charge in [0.25, 0.3) is 0 Å². The summed E-state index contributed by atoms with van der Waals surface area (Å²) in [5.74, 6) is 0.923. The van der Waals surface area contributed by atoms with E-state index in [0.29, 0.717) is 0 Å². The van der Waals surface area contributed by atoms with Gasteiger partial charge in [0.15, 0.2) is 0 Å². The minimum absolute atomic E-state index is 0.197. The molecule has 1 unspecified atom stereocenters. The van der Waals surface area contributed by atoms with Gasteiger partial charge in [0, 0.05) is 25.8 Å². The van der Waals surface area contributed by atoms with Crippen molar-refractivity contribution in [3.63, 3.8) is 0 Å². The van der Waals surface area contributed by atoms with Crippen LogP contribution in [0.3, 0.4) is 0 Å². The van der Waals surface area contributed by atoms with Gasteiger partial charge in [0.2, 0.25) is 0 Å². The third-order valence-electron chi connectivity index (χ3n) is 3.24. The largest absolute Gasteiger partial charge is 0.491 e. The van der Waals surface area contributed by atoms with Crippen molar-refractivity contribution in [1.82, 2.24) is 15.1 Å². The number of ether oxygens (including phenoxy) is 1. The van der Waals surface area contributed by atoms with Gasteiger partial charge in [-0.2, -0.15) is 5.10 Å². The van der Waals surface area contributed by atoms with Gasteiger partial charge in [0.05, 0.1) is 11.8 Å². The maximum atomic E-state index is 5.73. The van der Waals surface area contributed by atoms with Crippen LogP contribution >= 0.6 is 0 Å². The molecular weight excluding hydrogens is 250 g/mol. The zero-order valence-electron chi connectivity index (χ0n) is 12.6. The van der Waals surface area contributed by atoms with Crippen LogP contribution < -0.4 is 10.1 Å². The summed E-state index contributed by atoms with van der Waals surface area (Å²) < 4.78 is 7.62. The molecule has 1 N–H and O–H groups in total. The normalized spacial score (nSPS) is 12.7. The topological polar surface area (TPSA) is 39.1 Å². The average Bonchev–Trinajstić information content (AvgIpc) is 2.81. The highest BCUT2D eigenvalue weighted by Crippen LogP contribution is 2.20. The molecule has 0 spiro atoms. The van der Waals surface area contributed by atoms with Crippen LogP contribution in [0.25, 0.3) is 0 Å². The van der Waals surface area contributed by atoms with Gasteiger partial charge in [-0.25, -0.2) is 0 Å². The van der Waals surface area contributed by atoms with E-state index in [2.05, 4.69) is 29.5 Å². The van der Waals surface area contributed by atoms with Crippen molar-refractivity contribution in [1.29, 1.82) is 0 Å². The van der Waals surface area contributed by atoms with E-state index in [-0.39, 0.29) is 12.1 Å². The lowest BCUT2D eigenvalue weighted by Crippen LogP contribution is -2.20. The van der Waals surface area contributed by atoms with Crippen molar-refractivity contribution in [3.8, 4) is 5.75 Å². The smallest absolute Gasteiger partial charge is 0.120 e. The Labute approximate surface area is 120 Å². The SMILES string of the molecule is CC(C)Oc1cccc(C(C)NCc2ccnn2C)c1. The molecule has 0 saturated carbocycles. The Bertz CT molecular complexity index is 548. The summed E-state index contributed by atoms with van der Waals surface area (Å²) in [6.45, 7) is 7.03. The summed E-state index contributed by atoms with van der Waals surface area (Å²) in [6.07, 6.45) is 2.02. The van der Waals surface area contributed by atoms with Gasteiger partial charge in [-0.1, -0.05) is 12.1 Å². The van der Waals surface area contributed by atoms with E-state index >= 15 is 0 Å². The molecule has 0 amide bonds. The van der Waals surface area contributed by atoms with Crippen molar-refractivity contribution in [2.45, 2.75) is 39.5 Å². The standard InChI is InChI=1S/C16H23N3O/c1-12(2)20-16-7-5-6-14(10-16)13(3)17-11-15-8-9-18-19(15)4/h5-10,12-13,17H,11H2,1-4H3. The monoisotopic (exact) mass is 273 g/mol. The Kier molecular flexibility index (Phi) is 4.79. The first kappa shape index (κ1) is 14.6. The summed E-state index contributed by atoms with van der Waals surface area (Å²) in [5.41, 5.74) is 2.40. The van der Waals surface area contributed by atoms with Crippen molar-refractivity contribution < 1.29 is 4.74 Å². The number of aryl methyl sites for hydroxylation is 1. The van der Waals surface area contributed by atoms with Gasteiger partial charge in [-0.05, 0) is 44.5 Å². The summed E-state index contributed by atoms with van der Waals surface area (Å²) in [7, 11) is 1.96. The number of nitrogens with one attached hydrogen (secondary N) is 1. The van der Waals surface area contributed by atoms with Crippen LogP contribution in [0.15, 0.2) is 36.5 Å². The number of rotatable bonds is 6. The molecule has 0 bridgehead atoms. The molecule has 1 aromatic heterocycles. The van der Waals surface area contributed by atoms with E-state index in [1.165, 1.54) is 11.3 Å². The van der Waals surface area contributed by atoms with E-state index in [1.54, 1.807) is 0 Å². The Balaban J connectivity index is 1.98. The van der Waals surface area contributed by atoms with Gasteiger partial charge < -0.3 is 10.1 Å². The molecule has 4 nitrogen and oxygen atoms in total. The first-order chi connectivity index (χ1) is 9.56. The van der Waals surface area contributed by atoms with Gasteiger partial charge >= 0.3 is 0 Å². The molecule has 1 atom stereocenters. The molecule has 108 valence electrons. The fourth-order valence-corrected chi connectivity index (χ4v) is 2.08. The maximum Gasteiger partial charge on any atom is 0.120 e. The Morgan fingerprint density at radius 2 is 2.05 bits per heavy atom. The van der Waals surface area contributed by atoms with Crippen LogP contribution in [0.4, 0.5) is 0 Å². The second-order valence-corrected chi connectivity index (χ2v) is 5.29. The molecule has 20 heavy (non-hydrogen) atoms. The third kappa shape index (κ3) is 3.84. The number of hydrogen-bond donors (Lipinski definition) is 1. The molecule has 1 aromatic carbocycles. The van der Waals surface area contributed by atoms with Crippen molar-refractivity contribution in [3.05, 3.63) is 47.8 Å². The molecule has 0 saturated heterocycles. The van der Waals surface area contributed by atoms with E-state index in [4.69, 9.17) is 4.74 Å². The van der Waals surface area contributed by atoms with Crippen molar-refractivity contribution in [2.24, 2.45) is 7.05 Å². The molecule has 0 aliphatic carbocycles. The first-order valence-electron chi connectivity index (χ1n) is 7.03. The molecule has 1 heterocycles. The maximum absolute atomic E-state index is 5.73. The Morgan fingerprint density at radius 1 is 1.25 bits per heavy atom. The fourth-order valence-electron chi connectivity index (χ4n) is 2.08. The second-order valence-electron chi connectivity index (χ2n) is 5.29. The van der Waals surface area contributed by atoms with Gasteiger partial charge in [-0.3, -0.25) is 4.68 Å². The van der Waals surface area contributed by atoms with E-state index in [0.717, 1.165) is 12.3 Å². The van der Waals surface area contributed by atoms with Gasteiger partial charge in [-0.15, -0.1) is 0 Å². The number of hydrogen-bond acceptors (Lipinski definition) is 3. The highest BCUT2D eigenvalue weighted by molar-refractivity contribution is 5.30. The number of aromatic nitrogens is 2. The summed E-state index contributed by atoms with van der Waals surface area (Å²) >= 11 is 0. The fraction of sp³-hybridized carbons (Fsp3) is 0.438. The second kappa shape index (κ2) is 6.57. The average molecular weight is 273 g/mol. The van der Waals surface area contributed by atoms with Crippen LogP contribution in [0.5, 0.6) is 5.75 Å².